The highest BCUT2D eigenvalue weighted by Gasteiger charge is 2.13. The summed E-state index contributed by atoms with van der Waals surface area (Å²) in [7, 11) is 0. The van der Waals surface area contributed by atoms with Gasteiger partial charge in [0.05, 0.1) is 12.2 Å². The number of rotatable bonds is 6. The summed E-state index contributed by atoms with van der Waals surface area (Å²) in [5.74, 6) is 0.142. The van der Waals surface area contributed by atoms with Gasteiger partial charge >= 0.3 is 0 Å². The molecule has 0 aromatic heterocycles. The van der Waals surface area contributed by atoms with Crippen LogP contribution in [0.4, 0.5) is 0 Å². The van der Waals surface area contributed by atoms with Crippen LogP contribution in [0.5, 0.6) is 11.5 Å². The van der Waals surface area contributed by atoms with Crippen molar-refractivity contribution >= 4 is 29.1 Å². The maximum Gasteiger partial charge on any atom is 0.276 e. The van der Waals surface area contributed by atoms with Crippen LogP contribution in [-0.2, 0) is 4.79 Å². The van der Waals surface area contributed by atoms with E-state index in [0.717, 1.165) is 0 Å². The van der Waals surface area contributed by atoms with Gasteiger partial charge in [0.1, 0.15) is 11.5 Å². The molecule has 7 nitrogen and oxygen atoms in total. The fourth-order valence-corrected chi connectivity index (χ4v) is 2.11. The van der Waals surface area contributed by atoms with Crippen molar-refractivity contribution in [3.8, 4) is 11.5 Å². The van der Waals surface area contributed by atoms with E-state index >= 15 is 0 Å². The third kappa shape index (κ3) is 6.06. The molecule has 0 radical (unpaired) electrons. The number of carbonyl (C=O) groups is 2. The minimum absolute atomic E-state index is 0.0469. The Morgan fingerprint density at radius 2 is 1.65 bits per heavy atom. The molecule has 26 heavy (non-hydrogen) atoms. The maximum atomic E-state index is 12.3. The molecule has 2 aromatic carbocycles. The highest BCUT2D eigenvalue weighted by Crippen LogP contribution is 2.17. The Hall–Kier alpha value is -3.13. The predicted octanol–water partition coefficient (Wildman–Crippen LogP) is 1.80. The Morgan fingerprint density at radius 3 is 2.38 bits per heavy atom. The van der Waals surface area contributed by atoms with E-state index < -0.39 is 11.8 Å². The van der Waals surface area contributed by atoms with E-state index in [4.69, 9.17) is 21.7 Å². The molecule has 3 N–H and O–H groups in total. The lowest BCUT2D eigenvalue weighted by Crippen LogP contribution is -2.49. The number of para-hydroxylation sites is 2. The zero-order valence-corrected chi connectivity index (χ0v) is 15.0. The lowest BCUT2D eigenvalue weighted by atomic mass is 10.2. The summed E-state index contributed by atoms with van der Waals surface area (Å²) < 4.78 is 10.7. The van der Waals surface area contributed by atoms with E-state index in [1.807, 2.05) is 13.0 Å². The molecule has 0 heterocycles. The van der Waals surface area contributed by atoms with Gasteiger partial charge in [-0.25, -0.2) is 0 Å². The third-order valence-corrected chi connectivity index (χ3v) is 3.29. The molecular formula is C18H19N3O4S. The minimum Gasteiger partial charge on any atom is -0.493 e. The first-order chi connectivity index (χ1) is 12.6. The molecule has 0 aliphatic heterocycles. The molecule has 0 saturated carbocycles. The molecule has 0 atom stereocenters. The van der Waals surface area contributed by atoms with Crippen LogP contribution in [-0.4, -0.2) is 30.1 Å². The van der Waals surface area contributed by atoms with Crippen LogP contribution in [0.15, 0.2) is 54.6 Å². The molecule has 0 saturated heterocycles. The second kappa shape index (κ2) is 10.00. The fourth-order valence-electron chi connectivity index (χ4n) is 1.97. The van der Waals surface area contributed by atoms with Crippen molar-refractivity contribution in [1.29, 1.82) is 0 Å². The number of benzene rings is 2. The first kappa shape index (κ1) is 19.2. The number of ether oxygens (including phenoxy) is 2. The van der Waals surface area contributed by atoms with Crippen LogP contribution in [0.1, 0.15) is 17.3 Å². The second-order valence-corrected chi connectivity index (χ2v) is 5.40. The van der Waals surface area contributed by atoms with Crippen LogP contribution in [0.2, 0.25) is 0 Å². The summed E-state index contributed by atoms with van der Waals surface area (Å²) >= 11 is 4.99. The number of carbonyl (C=O) groups excluding carboxylic acids is 2. The van der Waals surface area contributed by atoms with Crippen LogP contribution >= 0.6 is 12.2 Å². The molecule has 8 heteroatoms. The molecule has 0 spiro atoms. The summed E-state index contributed by atoms with van der Waals surface area (Å²) in [6, 6.07) is 15.7. The smallest absolute Gasteiger partial charge is 0.276 e. The van der Waals surface area contributed by atoms with E-state index in [1.54, 1.807) is 48.5 Å². The van der Waals surface area contributed by atoms with Gasteiger partial charge in [0, 0.05) is 0 Å². The first-order valence-electron chi connectivity index (χ1n) is 7.90. The zero-order chi connectivity index (χ0) is 18.8. The average molecular weight is 373 g/mol. The molecular weight excluding hydrogens is 354 g/mol. The molecule has 0 fully saturated rings. The highest BCUT2D eigenvalue weighted by molar-refractivity contribution is 7.80. The maximum absolute atomic E-state index is 12.3. The zero-order valence-electron chi connectivity index (χ0n) is 14.2. The van der Waals surface area contributed by atoms with Gasteiger partial charge in [-0.1, -0.05) is 30.3 Å². The van der Waals surface area contributed by atoms with Gasteiger partial charge in [0.25, 0.3) is 11.8 Å². The van der Waals surface area contributed by atoms with Crippen molar-refractivity contribution in [3.05, 3.63) is 60.2 Å². The van der Waals surface area contributed by atoms with Gasteiger partial charge in [0.15, 0.2) is 11.7 Å². The molecule has 0 bridgehead atoms. The summed E-state index contributed by atoms with van der Waals surface area (Å²) in [4.78, 5) is 24.0. The number of hydrogen-bond acceptors (Lipinski definition) is 5. The molecule has 0 aliphatic rings. The quantitative estimate of drug-likeness (QED) is 0.529. The Balaban J connectivity index is 1.77. The summed E-state index contributed by atoms with van der Waals surface area (Å²) in [6.45, 7) is 2.07. The SMILES string of the molecule is CCOc1ccccc1C(=O)NC(=S)NNC(=O)COc1ccccc1. The number of hydrogen-bond donors (Lipinski definition) is 3. The van der Waals surface area contributed by atoms with E-state index in [0.29, 0.717) is 23.7 Å². The monoisotopic (exact) mass is 373 g/mol. The van der Waals surface area contributed by atoms with Crippen LogP contribution in [0, 0.1) is 0 Å². The van der Waals surface area contributed by atoms with Crippen molar-refractivity contribution < 1.29 is 19.1 Å². The topological polar surface area (TPSA) is 88.7 Å². The number of hydrazine groups is 1. The van der Waals surface area contributed by atoms with Crippen molar-refractivity contribution in [1.82, 2.24) is 16.2 Å². The lowest BCUT2D eigenvalue weighted by molar-refractivity contribution is -0.123. The van der Waals surface area contributed by atoms with Crippen LogP contribution in [0.3, 0.4) is 0 Å². The lowest BCUT2D eigenvalue weighted by Gasteiger charge is -2.13. The van der Waals surface area contributed by atoms with Gasteiger partial charge in [-0.3, -0.25) is 25.8 Å². The van der Waals surface area contributed by atoms with E-state index in [9.17, 15) is 9.59 Å². The molecule has 136 valence electrons. The van der Waals surface area contributed by atoms with Crippen molar-refractivity contribution in [2.24, 2.45) is 0 Å². The van der Waals surface area contributed by atoms with E-state index in [1.165, 1.54) is 0 Å². The Kier molecular flexibility index (Phi) is 7.38. The Morgan fingerprint density at radius 1 is 0.962 bits per heavy atom. The third-order valence-electron chi connectivity index (χ3n) is 3.09. The summed E-state index contributed by atoms with van der Waals surface area (Å²) in [5, 5.41) is 2.42. The van der Waals surface area contributed by atoms with Crippen LogP contribution < -0.4 is 25.6 Å². The number of amides is 2. The molecule has 2 aromatic rings. The number of thiocarbonyl (C=S) groups is 1. The van der Waals surface area contributed by atoms with Gasteiger partial charge in [0.2, 0.25) is 0 Å². The summed E-state index contributed by atoms with van der Waals surface area (Å²) in [5.41, 5.74) is 5.14. The minimum atomic E-state index is -0.444. The molecule has 0 unspecified atom stereocenters. The van der Waals surface area contributed by atoms with Gasteiger partial charge in [-0.15, -0.1) is 0 Å². The Labute approximate surface area is 156 Å². The molecule has 2 amide bonds. The second-order valence-electron chi connectivity index (χ2n) is 4.99. The van der Waals surface area contributed by atoms with Gasteiger partial charge in [-0.05, 0) is 43.4 Å². The van der Waals surface area contributed by atoms with E-state index in [2.05, 4.69) is 16.2 Å². The molecule has 2 rings (SSSR count). The Bertz CT molecular complexity index is 768. The molecule has 0 aliphatic carbocycles. The van der Waals surface area contributed by atoms with Crippen molar-refractivity contribution in [2.45, 2.75) is 6.92 Å². The average Bonchev–Trinajstić information content (AvgIpc) is 2.66. The number of nitrogens with one attached hydrogen (secondary N) is 3. The predicted molar refractivity (Wildman–Crippen MR) is 101 cm³/mol. The van der Waals surface area contributed by atoms with Crippen molar-refractivity contribution in [3.63, 3.8) is 0 Å². The van der Waals surface area contributed by atoms with Gasteiger partial charge in [-0.2, -0.15) is 0 Å². The summed E-state index contributed by atoms with van der Waals surface area (Å²) in [6.07, 6.45) is 0. The highest BCUT2D eigenvalue weighted by atomic mass is 32.1. The first-order valence-corrected chi connectivity index (χ1v) is 8.30. The standard InChI is InChI=1S/C18H19N3O4S/c1-2-24-15-11-7-6-10-14(15)17(23)19-18(26)21-20-16(22)12-25-13-8-4-3-5-9-13/h3-11H,2,12H2,1H3,(H,20,22)(H2,19,21,23,26). The van der Waals surface area contributed by atoms with Crippen molar-refractivity contribution in [2.75, 3.05) is 13.2 Å². The van der Waals surface area contributed by atoms with Gasteiger partial charge < -0.3 is 9.47 Å². The fraction of sp³-hybridized carbons (Fsp3) is 0.167. The van der Waals surface area contributed by atoms with E-state index in [-0.39, 0.29) is 11.7 Å². The largest absolute Gasteiger partial charge is 0.493 e. The van der Waals surface area contributed by atoms with Crippen LogP contribution in [0.25, 0.3) is 0 Å². The normalized spacial score (nSPS) is 9.73.